The van der Waals surface area contributed by atoms with Gasteiger partial charge in [-0.3, -0.25) is 9.69 Å². The number of rotatable bonds is 6. The molecule has 3 heterocycles. The highest BCUT2D eigenvalue weighted by molar-refractivity contribution is 7.10. The number of hydrogen-bond donors (Lipinski definition) is 1. The van der Waals surface area contributed by atoms with Gasteiger partial charge >= 0.3 is 0 Å². The molecule has 0 fully saturated rings. The first-order chi connectivity index (χ1) is 13.7. The van der Waals surface area contributed by atoms with Crippen LogP contribution in [0.15, 0.2) is 47.2 Å². The van der Waals surface area contributed by atoms with Gasteiger partial charge in [0.1, 0.15) is 11.5 Å². The Morgan fingerprint density at radius 1 is 1.18 bits per heavy atom. The zero-order valence-electron chi connectivity index (χ0n) is 15.8. The van der Waals surface area contributed by atoms with Gasteiger partial charge in [-0.25, -0.2) is 0 Å². The molecule has 1 aromatic carbocycles. The maximum Gasteiger partial charge on any atom is 0.238 e. The average Bonchev–Trinajstić information content (AvgIpc) is 3.39. The molecule has 1 aliphatic rings. The van der Waals surface area contributed by atoms with E-state index in [9.17, 15) is 4.79 Å². The zero-order chi connectivity index (χ0) is 19.5. The Balaban J connectivity index is 1.54. The third kappa shape index (κ3) is 3.78. The minimum absolute atomic E-state index is 0.0632. The van der Waals surface area contributed by atoms with Crippen LogP contribution < -0.4 is 14.8 Å². The molecule has 7 heteroatoms. The number of benzene rings is 1. The van der Waals surface area contributed by atoms with E-state index < -0.39 is 0 Å². The first-order valence-corrected chi connectivity index (χ1v) is 10.8. The maximum atomic E-state index is 12.9. The standard InChI is InChI=1S/C21H22N2O3S2/c1-25-14-5-6-17(26-2)16(12-14)22-20(24)13-23-9-7-18-15(8-11-28-18)21(23)19-4-3-10-27-19/h3-6,8,10-12,21H,7,9,13H2,1-2H3,(H,22,24)/t21-/m1/s1. The van der Waals surface area contributed by atoms with Crippen LogP contribution in [-0.4, -0.2) is 38.1 Å². The smallest absolute Gasteiger partial charge is 0.238 e. The predicted molar refractivity (Wildman–Crippen MR) is 114 cm³/mol. The van der Waals surface area contributed by atoms with Crippen LogP contribution in [0.3, 0.4) is 0 Å². The second kappa shape index (κ2) is 8.34. The lowest BCUT2D eigenvalue weighted by Crippen LogP contribution is -2.40. The van der Waals surface area contributed by atoms with Crippen molar-refractivity contribution in [3.8, 4) is 11.5 Å². The first-order valence-electron chi connectivity index (χ1n) is 9.05. The molecule has 0 radical (unpaired) electrons. The van der Waals surface area contributed by atoms with Gasteiger partial charge in [0.25, 0.3) is 0 Å². The Kier molecular flexibility index (Phi) is 5.66. The normalized spacial score (nSPS) is 16.4. The van der Waals surface area contributed by atoms with E-state index in [1.54, 1.807) is 49.0 Å². The van der Waals surface area contributed by atoms with E-state index >= 15 is 0 Å². The number of carbonyl (C=O) groups is 1. The van der Waals surface area contributed by atoms with Crippen molar-refractivity contribution in [1.29, 1.82) is 0 Å². The van der Waals surface area contributed by atoms with Crippen LogP contribution in [-0.2, 0) is 11.2 Å². The molecular weight excluding hydrogens is 392 g/mol. The minimum Gasteiger partial charge on any atom is -0.497 e. The quantitative estimate of drug-likeness (QED) is 0.649. The Hall–Kier alpha value is -2.35. The van der Waals surface area contributed by atoms with Gasteiger partial charge in [0.2, 0.25) is 5.91 Å². The summed E-state index contributed by atoms with van der Waals surface area (Å²) in [5, 5.41) is 7.23. The first kappa shape index (κ1) is 19.0. The van der Waals surface area contributed by atoms with Gasteiger partial charge < -0.3 is 14.8 Å². The number of ether oxygens (including phenoxy) is 2. The lowest BCUT2D eigenvalue weighted by atomic mass is 9.98. The van der Waals surface area contributed by atoms with Gasteiger partial charge in [-0.1, -0.05) is 6.07 Å². The van der Waals surface area contributed by atoms with Gasteiger partial charge in [0, 0.05) is 22.4 Å². The summed E-state index contributed by atoms with van der Waals surface area (Å²) in [5.74, 6) is 1.22. The molecular formula is C21H22N2O3S2. The SMILES string of the molecule is COc1ccc(OC)c(NC(=O)CN2CCc3sccc3[C@@H]2c2cccs2)c1. The van der Waals surface area contributed by atoms with E-state index in [2.05, 4.69) is 39.2 Å². The number of anilines is 1. The molecule has 0 unspecified atom stereocenters. The third-order valence-corrected chi connectivity index (χ3v) is 6.83. The molecule has 1 atom stereocenters. The van der Waals surface area contributed by atoms with Crippen molar-refractivity contribution in [2.45, 2.75) is 12.5 Å². The molecule has 4 rings (SSSR count). The van der Waals surface area contributed by atoms with E-state index in [0.29, 0.717) is 23.7 Å². The van der Waals surface area contributed by atoms with Crippen molar-refractivity contribution in [3.05, 3.63) is 62.5 Å². The van der Waals surface area contributed by atoms with Crippen LogP contribution in [0.4, 0.5) is 5.69 Å². The number of nitrogens with one attached hydrogen (secondary N) is 1. The molecule has 0 saturated carbocycles. The summed E-state index contributed by atoms with van der Waals surface area (Å²) in [4.78, 5) is 17.8. The fourth-order valence-corrected chi connectivity index (χ4v) is 5.38. The second-order valence-corrected chi connectivity index (χ2v) is 8.53. The summed E-state index contributed by atoms with van der Waals surface area (Å²) >= 11 is 3.54. The van der Waals surface area contributed by atoms with Gasteiger partial charge in [-0.2, -0.15) is 0 Å². The van der Waals surface area contributed by atoms with Crippen LogP contribution in [0, 0.1) is 0 Å². The van der Waals surface area contributed by atoms with Crippen LogP contribution in [0.2, 0.25) is 0 Å². The van der Waals surface area contributed by atoms with Gasteiger partial charge in [0.15, 0.2) is 0 Å². The number of thiophene rings is 2. The van der Waals surface area contributed by atoms with Crippen LogP contribution >= 0.6 is 22.7 Å². The van der Waals surface area contributed by atoms with E-state index in [1.165, 1.54) is 15.3 Å². The topological polar surface area (TPSA) is 50.8 Å². The number of fused-ring (bicyclic) bond motifs is 1. The van der Waals surface area contributed by atoms with E-state index in [0.717, 1.165) is 13.0 Å². The van der Waals surface area contributed by atoms with Crippen LogP contribution in [0.25, 0.3) is 0 Å². The molecule has 5 nitrogen and oxygen atoms in total. The zero-order valence-corrected chi connectivity index (χ0v) is 17.4. The van der Waals surface area contributed by atoms with E-state index in [1.807, 2.05) is 6.07 Å². The van der Waals surface area contributed by atoms with E-state index in [-0.39, 0.29) is 11.9 Å². The Labute approximate surface area is 172 Å². The van der Waals surface area contributed by atoms with Crippen LogP contribution in [0.5, 0.6) is 11.5 Å². The summed E-state index contributed by atoms with van der Waals surface area (Å²) in [5.41, 5.74) is 1.94. The summed E-state index contributed by atoms with van der Waals surface area (Å²) in [6, 6.07) is 11.9. The van der Waals surface area contributed by atoms with Crippen molar-refractivity contribution in [3.63, 3.8) is 0 Å². The molecule has 28 heavy (non-hydrogen) atoms. The highest BCUT2D eigenvalue weighted by Gasteiger charge is 2.31. The molecule has 1 amide bonds. The number of nitrogens with zero attached hydrogens (tertiary/aromatic N) is 1. The molecule has 2 aromatic heterocycles. The fraction of sp³-hybridized carbons (Fsp3) is 0.286. The van der Waals surface area contributed by atoms with Gasteiger partial charge in [0.05, 0.1) is 32.5 Å². The number of hydrogen-bond acceptors (Lipinski definition) is 6. The molecule has 1 aliphatic heterocycles. The van der Waals surface area contributed by atoms with Crippen molar-refractivity contribution in [2.24, 2.45) is 0 Å². The lowest BCUT2D eigenvalue weighted by Gasteiger charge is -2.34. The summed E-state index contributed by atoms with van der Waals surface area (Å²) in [7, 11) is 3.19. The predicted octanol–water partition coefficient (Wildman–Crippen LogP) is 4.41. The van der Waals surface area contributed by atoms with Crippen molar-refractivity contribution >= 4 is 34.3 Å². The van der Waals surface area contributed by atoms with Crippen LogP contribution in [0.1, 0.15) is 21.4 Å². The summed E-state index contributed by atoms with van der Waals surface area (Å²) < 4.78 is 10.6. The average molecular weight is 415 g/mol. The number of carbonyl (C=O) groups excluding carboxylic acids is 1. The van der Waals surface area contributed by atoms with Crippen molar-refractivity contribution in [2.75, 3.05) is 32.6 Å². The molecule has 0 saturated heterocycles. The molecule has 1 N–H and O–H groups in total. The molecule has 146 valence electrons. The lowest BCUT2D eigenvalue weighted by molar-refractivity contribution is -0.117. The highest BCUT2D eigenvalue weighted by atomic mass is 32.1. The number of amides is 1. The molecule has 3 aromatic rings. The van der Waals surface area contributed by atoms with Gasteiger partial charge in [-0.05, 0) is 47.0 Å². The summed E-state index contributed by atoms with van der Waals surface area (Å²) in [6.45, 7) is 1.18. The molecule has 0 aliphatic carbocycles. The maximum absolute atomic E-state index is 12.9. The van der Waals surface area contributed by atoms with E-state index in [4.69, 9.17) is 9.47 Å². The Bertz CT molecular complexity index is 952. The minimum atomic E-state index is -0.0632. The Morgan fingerprint density at radius 2 is 2.07 bits per heavy atom. The van der Waals surface area contributed by atoms with Crippen molar-refractivity contribution < 1.29 is 14.3 Å². The van der Waals surface area contributed by atoms with Gasteiger partial charge in [-0.15, -0.1) is 22.7 Å². The highest BCUT2D eigenvalue weighted by Crippen LogP contribution is 2.39. The summed E-state index contributed by atoms with van der Waals surface area (Å²) in [6.07, 6.45) is 0.977. The second-order valence-electron chi connectivity index (χ2n) is 6.55. The van der Waals surface area contributed by atoms with Crippen molar-refractivity contribution in [1.82, 2.24) is 4.90 Å². The fourth-order valence-electron chi connectivity index (χ4n) is 3.60. The molecule has 0 spiro atoms. The Morgan fingerprint density at radius 3 is 2.82 bits per heavy atom. The largest absolute Gasteiger partial charge is 0.497 e. The molecule has 0 bridgehead atoms. The third-order valence-electron chi connectivity index (χ3n) is 4.91. The monoisotopic (exact) mass is 414 g/mol. The number of methoxy groups -OCH3 is 2.